The Labute approximate surface area is 191 Å². The van der Waals surface area contributed by atoms with Gasteiger partial charge in [0.25, 0.3) is 0 Å². The number of aromatic nitrogens is 1. The van der Waals surface area contributed by atoms with Crippen LogP contribution in [0.25, 0.3) is 10.2 Å². The largest absolute Gasteiger partial charge is 0.507 e. The van der Waals surface area contributed by atoms with Gasteiger partial charge < -0.3 is 5.11 Å². The molecule has 0 radical (unpaired) electrons. The predicted molar refractivity (Wildman–Crippen MR) is 126 cm³/mol. The van der Waals surface area contributed by atoms with E-state index in [9.17, 15) is 5.11 Å². The highest BCUT2D eigenvalue weighted by atomic mass is 35.5. The van der Waals surface area contributed by atoms with Gasteiger partial charge in [-0.1, -0.05) is 46.6 Å². The van der Waals surface area contributed by atoms with E-state index in [0.717, 1.165) is 25.8 Å². The molecular formula is C21H13Cl3N2OS2. The maximum Gasteiger partial charge on any atom is 0.151 e. The summed E-state index contributed by atoms with van der Waals surface area (Å²) < 4.78 is 1.99. The third-order valence-electron chi connectivity index (χ3n) is 4.05. The van der Waals surface area contributed by atoms with Gasteiger partial charge in [-0.25, -0.2) is 4.98 Å². The number of halogens is 3. The van der Waals surface area contributed by atoms with Crippen molar-refractivity contribution in [3.8, 4) is 5.75 Å². The molecule has 0 saturated carbocycles. The smallest absolute Gasteiger partial charge is 0.151 e. The molecule has 0 unspecified atom stereocenters. The lowest BCUT2D eigenvalue weighted by atomic mass is 10.2. The van der Waals surface area contributed by atoms with Gasteiger partial charge in [0, 0.05) is 32.6 Å². The summed E-state index contributed by atoms with van der Waals surface area (Å²) in [5, 5.41) is 11.8. The molecule has 0 saturated heterocycles. The molecule has 1 aromatic heterocycles. The predicted octanol–water partition coefficient (Wildman–Crippen LogP) is 8.01. The molecule has 3 nitrogen and oxygen atoms in total. The standard InChI is InChI=1S/C21H13Cl3N2OS2/c22-14-1-4-17(24)13(8-14)11-28-21-26-18-5-3-16(9-20(18)29-21)25-10-12-7-15(23)2-6-19(12)27/h1-10,27H,11H2. The van der Waals surface area contributed by atoms with Crippen LogP contribution in [0.1, 0.15) is 11.1 Å². The molecule has 146 valence electrons. The molecule has 0 fully saturated rings. The molecule has 4 aromatic rings. The van der Waals surface area contributed by atoms with Crippen LogP contribution in [-0.2, 0) is 5.75 Å². The van der Waals surface area contributed by atoms with Crippen molar-refractivity contribution >= 4 is 80.0 Å². The fraction of sp³-hybridized carbons (Fsp3) is 0.0476. The number of hydrogen-bond donors (Lipinski definition) is 1. The summed E-state index contributed by atoms with van der Waals surface area (Å²) in [6.07, 6.45) is 1.60. The zero-order chi connectivity index (χ0) is 20.4. The Morgan fingerprint density at radius 3 is 2.66 bits per heavy atom. The second kappa shape index (κ2) is 8.94. The van der Waals surface area contributed by atoms with Gasteiger partial charge in [-0.3, -0.25) is 4.99 Å². The number of fused-ring (bicyclic) bond motifs is 1. The zero-order valence-electron chi connectivity index (χ0n) is 14.8. The first kappa shape index (κ1) is 20.5. The maximum atomic E-state index is 9.90. The van der Waals surface area contributed by atoms with Crippen molar-refractivity contribution < 1.29 is 5.11 Å². The number of rotatable bonds is 5. The molecule has 0 aliphatic carbocycles. The number of aromatic hydroxyl groups is 1. The minimum atomic E-state index is 0.135. The quantitative estimate of drug-likeness (QED) is 0.233. The molecule has 1 heterocycles. The number of benzene rings is 3. The maximum absolute atomic E-state index is 9.90. The van der Waals surface area contributed by atoms with Crippen LogP contribution in [-0.4, -0.2) is 16.3 Å². The van der Waals surface area contributed by atoms with Crippen LogP contribution in [0, 0.1) is 0 Å². The van der Waals surface area contributed by atoms with E-state index in [0.29, 0.717) is 26.4 Å². The van der Waals surface area contributed by atoms with Crippen LogP contribution < -0.4 is 0 Å². The van der Waals surface area contributed by atoms with Gasteiger partial charge >= 0.3 is 0 Å². The number of phenols is 1. The van der Waals surface area contributed by atoms with Crippen molar-refractivity contribution in [2.45, 2.75) is 10.1 Å². The van der Waals surface area contributed by atoms with Gasteiger partial charge in [-0.15, -0.1) is 11.3 Å². The highest BCUT2D eigenvalue weighted by molar-refractivity contribution is 8.00. The fourth-order valence-corrected chi connectivity index (χ4v) is 5.33. The molecule has 0 spiro atoms. The summed E-state index contributed by atoms with van der Waals surface area (Å²) >= 11 is 21.5. The van der Waals surface area contributed by atoms with Gasteiger partial charge in [0.15, 0.2) is 4.34 Å². The summed E-state index contributed by atoms with van der Waals surface area (Å²) in [7, 11) is 0. The van der Waals surface area contributed by atoms with Gasteiger partial charge in [0.2, 0.25) is 0 Å². The molecule has 29 heavy (non-hydrogen) atoms. The molecular weight excluding hydrogens is 467 g/mol. The highest BCUT2D eigenvalue weighted by Gasteiger charge is 2.08. The molecule has 4 rings (SSSR count). The van der Waals surface area contributed by atoms with E-state index in [2.05, 4.69) is 9.98 Å². The minimum absolute atomic E-state index is 0.135. The number of phenolic OH excluding ortho intramolecular Hbond substituents is 1. The molecule has 0 atom stereocenters. The van der Waals surface area contributed by atoms with Crippen LogP contribution in [0.15, 0.2) is 63.9 Å². The average Bonchev–Trinajstić information content (AvgIpc) is 3.11. The van der Waals surface area contributed by atoms with Crippen molar-refractivity contribution in [1.82, 2.24) is 4.98 Å². The third-order valence-corrected chi connectivity index (χ3v) is 7.10. The fourth-order valence-electron chi connectivity index (χ4n) is 2.60. The van der Waals surface area contributed by atoms with Crippen molar-refractivity contribution in [2.75, 3.05) is 0 Å². The van der Waals surface area contributed by atoms with Gasteiger partial charge in [0.1, 0.15) is 5.75 Å². The van der Waals surface area contributed by atoms with Crippen LogP contribution in [0.2, 0.25) is 15.1 Å². The van der Waals surface area contributed by atoms with Gasteiger partial charge in [0.05, 0.1) is 15.9 Å². The Morgan fingerprint density at radius 1 is 1.00 bits per heavy atom. The molecule has 0 amide bonds. The highest BCUT2D eigenvalue weighted by Crippen LogP contribution is 2.35. The topological polar surface area (TPSA) is 45.5 Å². The van der Waals surface area contributed by atoms with E-state index in [1.807, 2.05) is 24.3 Å². The lowest BCUT2D eigenvalue weighted by Crippen LogP contribution is -1.82. The number of nitrogens with zero attached hydrogens (tertiary/aromatic N) is 2. The normalized spacial score (nSPS) is 11.6. The van der Waals surface area contributed by atoms with E-state index in [4.69, 9.17) is 34.8 Å². The molecule has 3 aromatic carbocycles. The first-order valence-electron chi connectivity index (χ1n) is 8.48. The van der Waals surface area contributed by atoms with E-state index in [1.54, 1.807) is 59.6 Å². The molecule has 8 heteroatoms. The lowest BCUT2D eigenvalue weighted by Gasteiger charge is -2.02. The monoisotopic (exact) mass is 478 g/mol. The number of thiazole rings is 1. The Morgan fingerprint density at radius 2 is 1.79 bits per heavy atom. The van der Waals surface area contributed by atoms with E-state index in [1.165, 1.54) is 0 Å². The van der Waals surface area contributed by atoms with Crippen LogP contribution in [0.4, 0.5) is 5.69 Å². The first-order valence-corrected chi connectivity index (χ1v) is 11.4. The second-order valence-electron chi connectivity index (χ2n) is 6.12. The summed E-state index contributed by atoms with van der Waals surface area (Å²) in [6.45, 7) is 0. The minimum Gasteiger partial charge on any atom is -0.507 e. The van der Waals surface area contributed by atoms with Crippen molar-refractivity contribution in [3.05, 3.63) is 80.8 Å². The number of thioether (sulfide) groups is 1. The van der Waals surface area contributed by atoms with Crippen LogP contribution >= 0.6 is 57.9 Å². The van der Waals surface area contributed by atoms with Crippen LogP contribution in [0.5, 0.6) is 5.75 Å². The first-order chi connectivity index (χ1) is 14.0. The van der Waals surface area contributed by atoms with E-state index < -0.39 is 0 Å². The van der Waals surface area contributed by atoms with Crippen molar-refractivity contribution in [2.24, 2.45) is 4.99 Å². The summed E-state index contributed by atoms with van der Waals surface area (Å²) in [6, 6.07) is 16.1. The lowest BCUT2D eigenvalue weighted by molar-refractivity contribution is 0.474. The van der Waals surface area contributed by atoms with E-state index >= 15 is 0 Å². The van der Waals surface area contributed by atoms with Crippen molar-refractivity contribution in [1.29, 1.82) is 0 Å². The second-order valence-corrected chi connectivity index (χ2v) is 9.65. The molecule has 1 N–H and O–H groups in total. The molecule has 0 bridgehead atoms. The SMILES string of the molecule is Oc1ccc(Cl)cc1C=Nc1ccc2nc(SCc3cc(Cl)ccc3Cl)sc2c1. The summed E-state index contributed by atoms with van der Waals surface area (Å²) in [5.41, 5.74) is 3.24. The Kier molecular flexibility index (Phi) is 6.32. The van der Waals surface area contributed by atoms with E-state index in [-0.39, 0.29) is 5.75 Å². The number of hydrogen-bond acceptors (Lipinski definition) is 5. The Balaban J connectivity index is 1.52. The molecule has 0 aliphatic heterocycles. The third kappa shape index (κ3) is 5.05. The molecule has 0 aliphatic rings. The van der Waals surface area contributed by atoms with Crippen molar-refractivity contribution in [3.63, 3.8) is 0 Å². The summed E-state index contributed by atoms with van der Waals surface area (Å²) in [4.78, 5) is 9.11. The Hall–Kier alpha value is -1.76. The zero-order valence-corrected chi connectivity index (χ0v) is 18.7. The van der Waals surface area contributed by atoms with Gasteiger partial charge in [-0.05, 0) is 60.2 Å². The number of aliphatic imine (C=N–C) groups is 1. The summed E-state index contributed by atoms with van der Waals surface area (Å²) in [5.74, 6) is 0.827. The van der Waals surface area contributed by atoms with Gasteiger partial charge in [-0.2, -0.15) is 0 Å². The van der Waals surface area contributed by atoms with Crippen LogP contribution in [0.3, 0.4) is 0 Å². The Bertz CT molecular complexity index is 1220. The average molecular weight is 480 g/mol.